The van der Waals surface area contributed by atoms with Crippen molar-refractivity contribution in [2.45, 2.75) is 51.6 Å². The highest BCUT2D eigenvalue weighted by Gasteiger charge is 2.28. The fourth-order valence-electron chi connectivity index (χ4n) is 4.02. The normalized spacial score (nSPS) is 18.3. The molecule has 2 heterocycles. The van der Waals surface area contributed by atoms with Crippen molar-refractivity contribution in [1.29, 1.82) is 0 Å². The number of hydrogen-bond donors (Lipinski definition) is 2. The molecule has 1 aliphatic rings. The Morgan fingerprint density at radius 3 is 2.53 bits per heavy atom. The van der Waals surface area contributed by atoms with E-state index >= 15 is 0 Å². The molecular formula is C22H25N5O3. The highest BCUT2D eigenvalue weighted by atomic mass is 16.5. The summed E-state index contributed by atoms with van der Waals surface area (Å²) >= 11 is 0. The van der Waals surface area contributed by atoms with Gasteiger partial charge >= 0.3 is 0 Å². The first-order valence-corrected chi connectivity index (χ1v) is 10.1. The second-order valence-corrected chi connectivity index (χ2v) is 7.71. The predicted octanol–water partition coefficient (Wildman–Crippen LogP) is 2.49. The Morgan fingerprint density at radius 2 is 1.83 bits per heavy atom. The van der Waals surface area contributed by atoms with Crippen molar-refractivity contribution in [3.8, 4) is 5.69 Å². The fourth-order valence-corrected chi connectivity index (χ4v) is 4.02. The van der Waals surface area contributed by atoms with E-state index in [1.807, 2.05) is 48.9 Å². The lowest BCUT2D eigenvalue weighted by atomic mass is 10.1. The van der Waals surface area contributed by atoms with E-state index in [1.54, 1.807) is 0 Å². The van der Waals surface area contributed by atoms with Gasteiger partial charge in [-0.3, -0.25) is 9.59 Å². The average Bonchev–Trinajstić information content (AvgIpc) is 3.47. The maximum atomic E-state index is 12.7. The van der Waals surface area contributed by atoms with Gasteiger partial charge in [0.05, 0.1) is 17.8 Å². The van der Waals surface area contributed by atoms with E-state index in [-0.39, 0.29) is 36.0 Å². The molecule has 0 bridgehead atoms. The summed E-state index contributed by atoms with van der Waals surface area (Å²) in [5.41, 5.74) is 4.02. The van der Waals surface area contributed by atoms with Gasteiger partial charge in [-0.1, -0.05) is 23.4 Å². The van der Waals surface area contributed by atoms with Gasteiger partial charge in [0.25, 0.3) is 5.91 Å². The van der Waals surface area contributed by atoms with Gasteiger partial charge in [-0.05, 0) is 45.2 Å². The summed E-state index contributed by atoms with van der Waals surface area (Å²) in [6.45, 7) is 3.92. The van der Waals surface area contributed by atoms with E-state index in [2.05, 4.69) is 20.9 Å². The topological polar surface area (TPSA) is 102 Å². The monoisotopic (exact) mass is 407 g/mol. The number of aromatic nitrogens is 3. The van der Waals surface area contributed by atoms with Gasteiger partial charge in [-0.15, -0.1) is 0 Å². The fraction of sp³-hybridized carbons (Fsp3) is 0.364. The summed E-state index contributed by atoms with van der Waals surface area (Å²) in [6.07, 6.45) is 4.01. The van der Waals surface area contributed by atoms with Gasteiger partial charge in [0, 0.05) is 29.4 Å². The van der Waals surface area contributed by atoms with Crippen LogP contribution in [0.4, 0.5) is 0 Å². The van der Waals surface area contributed by atoms with Crippen molar-refractivity contribution in [2.75, 3.05) is 0 Å². The third-order valence-electron chi connectivity index (χ3n) is 5.58. The Labute approximate surface area is 174 Å². The maximum Gasteiger partial charge on any atom is 0.273 e. The number of nitrogens with zero attached hydrogens (tertiary/aromatic N) is 3. The first kappa shape index (κ1) is 19.9. The summed E-state index contributed by atoms with van der Waals surface area (Å²) in [7, 11) is 0. The summed E-state index contributed by atoms with van der Waals surface area (Å²) in [4.78, 5) is 24.8. The second-order valence-electron chi connectivity index (χ2n) is 7.71. The minimum atomic E-state index is -0.250. The Hall–Kier alpha value is -3.42. The van der Waals surface area contributed by atoms with Crippen LogP contribution in [0.3, 0.4) is 0 Å². The molecule has 156 valence electrons. The SMILES string of the molecule is Cc1nn(-c2ccccc2)c(C)c1CC(=O)N[C@H]1CC[C@@H](NC(=O)c2ccon2)C1. The van der Waals surface area contributed by atoms with Crippen molar-refractivity contribution in [2.24, 2.45) is 0 Å². The van der Waals surface area contributed by atoms with Crippen LogP contribution >= 0.6 is 0 Å². The number of carbonyl (C=O) groups excluding carboxylic acids is 2. The molecule has 3 aromatic rings. The van der Waals surface area contributed by atoms with Crippen LogP contribution in [0.2, 0.25) is 0 Å². The second kappa shape index (κ2) is 8.52. The standard InChI is InChI=1S/C22H25N5O3/c1-14-19(15(2)27(25-14)18-6-4-3-5-7-18)13-21(28)23-16-8-9-17(12-16)24-22(29)20-10-11-30-26-20/h3-7,10-11,16-17H,8-9,12-13H2,1-2H3,(H,23,28)(H,24,29)/t16-,17+/m0/s1. The number of para-hydroxylation sites is 1. The lowest BCUT2D eigenvalue weighted by Crippen LogP contribution is -2.37. The minimum absolute atomic E-state index is 0.0174. The van der Waals surface area contributed by atoms with E-state index < -0.39 is 0 Å². The first-order chi connectivity index (χ1) is 14.5. The summed E-state index contributed by atoms with van der Waals surface area (Å²) in [5.74, 6) is -0.275. The van der Waals surface area contributed by atoms with Crippen molar-refractivity contribution >= 4 is 11.8 Å². The summed E-state index contributed by atoms with van der Waals surface area (Å²) in [5, 5.41) is 14.3. The molecular weight excluding hydrogens is 382 g/mol. The Bertz CT molecular complexity index is 1030. The zero-order chi connectivity index (χ0) is 21.1. The zero-order valence-electron chi connectivity index (χ0n) is 17.1. The van der Waals surface area contributed by atoms with Crippen molar-refractivity contribution in [3.05, 3.63) is 65.3 Å². The van der Waals surface area contributed by atoms with E-state index in [0.717, 1.165) is 35.5 Å². The lowest BCUT2D eigenvalue weighted by Gasteiger charge is -2.14. The molecule has 0 radical (unpaired) electrons. The highest BCUT2D eigenvalue weighted by molar-refractivity contribution is 5.92. The molecule has 2 aromatic heterocycles. The van der Waals surface area contributed by atoms with Gasteiger partial charge in [-0.2, -0.15) is 5.10 Å². The Kier molecular flexibility index (Phi) is 5.65. The smallest absolute Gasteiger partial charge is 0.273 e. The molecule has 1 fully saturated rings. The van der Waals surface area contributed by atoms with E-state index in [0.29, 0.717) is 6.42 Å². The maximum absolute atomic E-state index is 12.7. The molecule has 2 atom stereocenters. The molecule has 1 aliphatic carbocycles. The molecule has 2 amide bonds. The van der Waals surface area contributed by atoms with Crippen molar-refractivity contribution < 1.29 is 14.1 Å². The Morgan fingerprint density at radius 1 is 1.10 bits per heavy atom. The number of benzene rings is 1. The number of nitrogens with one attached hydrogen (secondary N) is 2. The van der Waals surface area contributed by atoms with Crippen LogP contribution in [0.5, 0.6) is 0 Å². The van der Waals surface area contributed by atoms with Crippen LogP contribution < -0.4 is 10.6 Å². The largest absolute Gasteiger partial charge is 0.364 e. The molecule has 8 nitrogen and oxygen atoms in total. The molecule has 0 unspecified atom stereocenters. The first-order valence-electron chi connectivity index (χ1n) is 10.1. The number of aryl methyl sites for hydroxylation is 1. The molecule has 0 saturated heterocycles. The minimum Gasteiger partial charge on any atom is -0.364 e. The third-order valence-corrected chi connectivity index (χ3v) is 5.58. The van der Waals surface area contributed by atoms with Crippen molar-refractivity contribution in [3.63, 3.8) is 0 Å². The molecule has 4 rings (SSSR count). The number of carbonyl (C=O) groups is 2. The van der Waals surface area contributed by atoms with Crippen LogP contribution in [-0.4, -0.2) is 38.8 Å². The summed E-state index contributed by atoms with van der Waals surface area (Å²) < 4.78 is 6.58. The van der Waals surface area contributed by atoms with Gasteiger partial charge in [0.2, 0.25) is 5.91 Å². The average molecular weight is 407 g/mol. The molecule has 8 heteroatoms. The van der Waals surface area contributed by atoms with Gasteiger partial charge in [0.1, 0.15) is 6.26 Å². The zero-order valence-corrected chi connectivity index (χ0v) is 17.1. The Balaban J connectivity index is 1.33. The van der Waals surface area contributed by atoms with Crippen LogP contribution in [0.15, 0.2) is 47.2 Å². The van der Waals surface area contributed by atoms with Crippen LogP contribution in [0.1, 0.15) is 46.7 Å². The van der Waals surface area contributed by atoms with Crippen LogP contribution in [0.25, 0.3) is 5.69 Å². The molecule has 1 saturated carbocycles. The number of hydrogen-bond acceptors (Lipinski definition) is 5. The third kappa shape index (κ3) is 4.27. The lowest BCUT2D eigenvalue weighted by molar-refractivity contribution is -0.121. The quantitative estimate of drug-likeness (QED) is 0.654. The van der Waals surface area contributed by atoms with Gasteiger partial charge in [-0.25, -0.2) is 4.68 Å². The summed E-state index contributed by atoms with van der Waals surface area (Å²) in [6, 6.07) is 11.5. The van der Waals surface area contributed by atoms with Crippen LogP contribution in [0, 0.1) is 13.8 Å². The number of rotatable bonds is 6. The van der Waals surface area contributed by atoms with E-state index in [4.69, 9.17) is 4.52 Å². The van der Waals surface area contributed by atoms with E-state index in [9.17, 15) is 9.59 Å². The van der Waals surface area contributed by atoms with Gasteiger partial charge in [0.15, 0.2) is 5.69 Å². The van der Waals surface area contributed by atoms with Crippen LogP contribution in [-0.2, 0) is 11.2 Å². The highest BCUT2D eigenvalue weighted by Crippen LogP contribution is 2.21. The molecule has 30 heavy (non-hydrogen) atoms. The van der Waals surface area contributed by atoms with Crippen molar-refractivity contribution in [1.82, 2.24) is 25.6 Å². The molecule has 0 aliphatic heterocycles. The molecule has 2 N–H and O–H groups in total. The molecule has 0 spiro atoms. The van der Waals surface area contributed by atoms with E-state index in [1.165, 1.54) is 12.3 Å². The van der Waals surface area contributed by atoms with Gasteiger partial charge < -0.3 is 15.2 Å². The predicted molar refractivity (Wildman–Crippen MR) is 110 cm³/mol. The molecule has 1 aromatic carbocycles. The number of amides is 2.